The molecule has 19 heavy (non-hydrogen) atoms. The third-order valence-electron chi connectivity index (χ3n) is 2.28. The van der Waals surface area contributed by atoms with Gasteiger partial charge in [-0.15, -0.1) is 0 Å². The third kappa shape index (κ3) is 3.26. The summed E-state index contributed by atoms with van der Waals surface area (Å²) in [4.78, 5) is 30.3. The minimum atomic E-state index is -0.526. The summed E-state index contributed by atoms with van der Waals surface area (Å²) in [5, 5.41) is 2.82. The van der Waals surface area contributed by atoms with Crippen molar-refractivity contribution in [2.45, 2.75) is 0 Å². The molecular weight excluding hydrogens is 268 g/mol. The van der Waals surface area contributed by atoms with Crippen LogP contribution >= 0.6 is 11.6 Å². The van der Waals surface area contributed by atoms with Crippen LogP contribution in [0.2, 0.25) is 5.15 Å². The lowest BCUT2D eigenvalue weighted by atomic mass is 10.2. The Kier molecular flexibility index (Phi) is 3.72. The number of nitrogens with zero attached hydrogens (tertiary/aromatic N) is 2. The van der Waals surface area contributed by atoms with E-state index in [1.54, 1.807) is 12.1 Å². The van der Waals surface area contributed by atoms with Crippen molar-refractivity contribution in [1.29, 1.82) is 0 Å². The van der Waals surface area contributed by atoms with Crippen LogP contribution in [0.15, 0.2) is 36.7 Å². The molecule has 2 amide bonds. The number of carbonyl (C=O) groups excluding carboxylic acids is 2. The van der Waals surface area contributed by atoms with Crippen molar-refractivity contribution >= 4 is 29.1 Å². The van der Waals surface area contributed by atoms with Gasteiger partial charge in [0, 0.05) is 11.3 Å². The molecule has 2 rings (SSSR count). The van der Waals surface area contributed by atoms with E-state index >= 15 is 0 Å². The van der Waals surface area contributed by atoms with E-state index in [0.29, 0.717) is 11.3 Å². The summed E-state index contributed by atoms with van der Waals surface area (Å²) in [5.74, 6) is -0.947. The zero-order valence-corrected chi connectivity index (χ0v) is 10.4. The lowest BCUT2D eigenvalue weighted by Crippen LogP contribution is -2.14. The Morgan fingerprint density at radius 2 is 1.79 bits per heavy atom. The normalized spacial score (nSPS) is 9.95. The Balaban J connectivity index is 2.10. The Morgan fingerprint density at radius 1 is 1.11 bits per heavy atom. The minimum Gasteiger partial charge on any atom is -0.366 e. The summed E-state index contributed by atoms with van der Waals surface area (Å²) in [6, 6.07) is 6.18. The molecule has 0 aliphatic carbocycles. The van der Waals surface area contributed by atoms with Gasteiger partial charge in [-0.2, -0.15) is 0 Å². The number of hydrogen-bond acceptors (Lipinski definition) is 4. The van der Waals surface area contributed by atoms with E-state index in [9.17, 15) is 9.59 Å². The quantitative estimate of drug-likeness (QED) is 0.887. The van der Waals surface area contributed by atoms with Crippen molar-refractivity contribution in [2.24, 2.45) is 5.73 Å². The highest BCUT2D eigenvalue weighted by Crippen LogP contribution is 2.10. The number of halogens is 1. The van der Waals surface area contributed by atoms with E-state index in [2.05, 4.69) is 15.3 Å². The van der Waals surface area contributed by atoms with Crippen LogP contribution in [0, 0.1) is 0 Å². The van der Waals surface area contributed by atoms with Gasteiger partial charge in [0.2, 0.25) is 5.91 Å². The molecule has 3 N–H and O–H groups in total. The molecule has 0 radical (unpaired) electrons. The van der Waals surface area contributed by atoms with Crippen molar-refractivity contribution in [1.82, 2.24) is 9.97 Å². The zero-order valence-electron chi connectivity index (χ0n) is 9.63. The number of rotatable bonds is 3. The van der Waals surface area contributed by atoms with Gasteiger partial charge < -0.3 is 11.1 Å². The first-order chi connectivity index (χ1) is 9.06. The van der Waals surface area contributed by atoms with E-state index in [4.69, 9.17) is 17.3 Å². The number of nitrogens with one attached hydrogen (secondary N) is 1. The summed E-state index contributed by atoms with van der Waals surface area (Å²) in [5.41, 5.74) is 6.14. The molecular formula is C12H9ClN4O2. The highest BCUT2D eigenvalue weighted by atomic mass is 35.5. The topological polar surface area (TPSA) is 98.0 Å². The molecule has 0 aliphatic heterocycles. The number of hydrogen-bond donors (Lipinski definition) is 2. The SMILES string of the molecule is NC(=O)c1ccc(NC(=O)c2cnc(Cl)cn2)cc1. The Hall–Kier alpha value is -2.47. The Bertz CT molecular complexity index is 611. The van der Waals surface area contributed by atoms with Gasteiger partial charge in [0.15, 0.2) is 0 Å². The van der Waals surface area contributed by atoms with Crippen LogP contribution in [-0.2, 0) is 0 Å². The first kappa shape index (κ1) is 13.0. The van der Waals surface area contributed by atoms with E-state index in [1.165, 1.54) is 24.5 Å². The fourth-order valence-electron chi connectivity index (χ4n) is 1.34. The van der Waals surface area contributed by atoms with Gasteiger partial charge in [-0.05, 0) is 24.3 Å². The number of anilines is 1. The maximum atomic E-state index is 11.8. The van der Waals surface area contributed by atoms with E-state index in [0.717, 1.165) is 0 Å². The van der Waals surface area contributed by atoms with Crippen molar-refractivity contribution < 1.29 is 9.59 Å². The number of benzene rings is 1. The predicted molar refractivity (Wildman–Crippen MR) is 70.0 cm³/mol. The van der Waals surface area contributed by atoms with Gasteiger partial charge in [0.25, 0.3) is 5.91 Å². The molecule has 0 bridgehead atoms. The molecule has 0 spiro atoms. The van der Waals surface area contributed by atoms with Gasteiger partial charge in [-0.3, -0.25) is 9.59 Å². The predicted octanol–water partition coefficient (Wildman–Crippen LogP) is 1.48. The van der Waals surface area contributed by atoms with Gasteiger partial charge in [0.1, 0.15) is 10.8 Å². The highest BCUT2D eigenvalue weighted by molar-refractivity contribution is 6.29. The summed E-state index contributed by atoms with van der Waals surface area (Å²) in [6.45, 7) is 0. The largest absolute Gasteiger partial charge is 0.366 e. The molecule has 96 valence electrons. The fourth-order valence-corrected chi connectivity index (χ4v) is 1.44. The van der Waals surface area contributed by atoms with Crippen LogP contribution in [0.4, 0.5) is 5.69 Å². The summed E-state index contributed by atoms with van der Waals surface area (Å²) in [7, 11) is 0. The molecule has 7 heteroatoms. The molecule has 1 heterocycles. The molecule has 0 fully saturated rings. The van der Waals surface area contributed by atoms with Gasteiger partial charge in [-0.1, -0.05) is 11.6 Å². The van der Waals surface area contributed by atoms with Crippen molar-refractivity contribution in [3.63, 3.8) is 0 Å². The van der Waals surface area contributed by atoms with Crippen molar-refractivity contribution in [3.05, 3.63) is 53.1 Å². The van der Waals surface area contributed by atoms with Gasteiger partial charge in [0.05, 0.1) is 12.4 Å². The van der Waals surface area contributed by atoms with Crippen LogP contribution in [0.25, 0.3) is 0 Å². The van der Waals surface area contributed by atoms with Crippen LogP contribution in [0.1, 0.15) is 20.8 Å². The molecule has 0 saturated heterocycles. The molecule has 2 aromatic rings. The highest BCUT2D eigenvalue weighted by Gasteiger charge is 2.08. The van der Waals surface area contributed by atoms with Crippen LogP contribution < -0.4 is 11.1 Å². The number of aromatic nitrogens is 2. The standard InChI is InChI=1S/C12H9ClN4O2/c13-10-6-15-9(5-16-10)12(19)17-8-3-1-7(2-4-8)11(14)18/h1-6H,(H2,14,18)(H,17,19). The van der Waals surface area contributed by atoms with E-state index in [1.807, 2.05) is 0 Å². The number of nitrogens with two attached hydrogens (primary N) is 1. The number of carbonyl (C=O) groups is 2. The average molecular weight is 277 g/mol. The number of amides is 2. The number of primary amides is 1. The first-order valence-electron chi connectivity index (χ1n) is 5.25. The average Bonchev–Trinajstić information content (AvgIpc) is 2.40. The van der Waals surface area contributed by atoms with Gasteiger partial charge in [-0.25, -0.2) is 9.97 Å². The molecule has 1 aromatic carbocycles. The molecule has 0 saturated carbocycles. The second-order valence-electron chi connectivity index (χ2n) is 3.62. The van der Waals surface area contributed by atoms with Crippen molar-refractivity contribution in [2.75, 3.05) is 5.32 Å². The second kappa shape index (κ2) is 5.45. The third-order valence-corrected chi connectivity index (χ3v) is 2.48. The maximum absolute atomic E-state index is 11.8. The summed E-state index contributed by atoms with van der Waals surface area (Å²) < 4.78 is 0. The molecule has 6 nitrogen and oxygen atoms in total. The van der Waals surface area contributed by atoms with Crippen LogP contribution in [-0.4, -0.2) is 21.8 Å². The second-order valence-corrected chi connectivity index (χ2v) is 4.01. The van der Waals surface area contributed by atoms with Crippen molar-refractivity contribution in [3.8, 4) is 0 Å². The van der Waals surface area contributed by atoms with Crippen LogP contribution in [0.5, 0.6) is 0 Å². The summed E-state index contributed by atoms with van der Waals surface area (Å²) in [6.07, 6.45) is 2.56. The first-order valence-corrected chi connectivity index (χ1v) is 5.63. The molecule has 1 aromatic heterocycles. The smallest absolute Gasteiger partial charge is 0.275 e. The van der Waals surface area contributed by atoms with E-state index in [-0.39, 0.29) is 10.8 Å². The lowest BCUT2D eigenvalue weighted by molar-refractivity contribution is 0.0997. The lowest BCUT2D eigenvalue weighted by Gasteiger charge is -2.04. The zero-order chi connectivity index (χ0) is 13.8. The molecule has 0 aliphatic rings. The Morgan fingerprint density at radius 3 is 2.32 bits per heavy atom. The van der Waals surface area contributed by atoms with Crippen LogP contribution in [0.3, 0.4) is 0 Å². The van der Waals surface area contributed by atoms with E-state index < -0.39 is 11.8 Å². The fraction of sp³-hybridized carbons (Fsp3) is 0. The molecule has 0 atom stereocenters. The maximum Gasteiger partial charge on any atom is 0.275 e. The monoisotopic (exact) mass is 276 g/mol. The van der Waals surface area contributed by atoms with Gasteiger partial charge >= 0.3 is 0 Å². The minimum absolute atomic E-state index is 0.142. The Labute approximate surface area is 113 Å². The summed E-state index contributed by atoms with van der Waals surface area (Å²) >= 11 is 5.57. The molecule has 0 unspecified atom stereocenters.